The van der Waals surface area contributed by atoms with Crippen LogP contribution in [0.25, 0.3) is 0 Å². The van der Waals surface area contributed by atoms with E-state index in [0.717, 1.165) is 19.4 Å². The van der Waals surface area contributed by atoms with Gasteiger partial charge in [0.15, 0.2) is 0 Å². The summed E-state index contributed by atoms with van der Waals surface area (Å²) in [5.74, 6) is 0. The van der Waals surface area contributed by atoms with Crippen LogP contribution in [-0.4, -0.2) is 13.6 Å². The molecule has 1 heteroatoms. The van der Waals surface area contributed by atoms with Crippen molar-refractivity contribution in [3.63, 3.8) is 0 Å². The maximum Gasteiger partial charge on any atom is 0.000270 e. The average Bonchev–Trinajstić information content (AvgIpc) is 2.18. The third kappa shape index (κ3) is 4.05. The number of hydrogen-bond acceptors (Lipinski definition) is 1. The zero-order valence-corrected chi connectivity index (χ0v) is 10.4. The fraction of sp³-hybridized carbons (Fsp3) is 0.571. The second-order valence-electron chi connectivity index (χ2n) is 5.04. The van der Waals surface area contributed by atoms with E-state index in [1.54, 1.807) is 0 Å². The molecule has 0 aliphatic rings. The molecule has 1 nitrogen and oxygen atoms in total. The Balaban J connectivity index is 2.64. The molecule has 0 bridgehead atoms. The summed E-state index contributed by atoms with van der Waals surface area (Å²) in [5.41, 5.74) is 3.19. The van der Waals surface area contributed by atoms with E-state index < -0.39 is 0 Å². The lowest BCUT2D eigenvalue weighted by molar-refractivity contribution is 0.350. The number of hydrogen-bond donors (Lipinski definition) is 1. The molecule has 0 aromatic heterocycles. The molecule has 0 amide bonds. The molecule has 0 unspecified atom stereocenters. The van der Waals surface area contributed by atoms with Crippen LogP contribution in [-0.2, 0) is 12.8 Å². The summed E-state index contributed by atoms with van der Waals surface area (Å²) in [5, 5.41) is 3.25. The molecule has 1 rings (SSSR count). The van der Waals surface area contributed by atoms with Crippen LogP contribution in [0.5, 0.6) is 0 Å². The van der Waals surface area contributed by atoms with Crippen LogP contribution in [0.2, 0.25) is 0 Å². The van der Waals surface area contributed by atoms with Crippen molar-refractivity contribution in [3.8, 4) is 0 Å². The van der Waals surface area contributed by atoms with E-state index in [1.807, 2.05) is 7.05 Å². The van der Waals surface area contributed by atoms with Gasteiger partial charge in [0.1, 0.15) is 0 Å². The standard InChI is InChI=1S/C14H23N/c1-5-12-6-8-13(9-7-12)10-14(2,3)11-15-4/h6-9,15H,5,10-11H2,1-4H3. The van der Waals surface area contributed by atoms with Gasteiger partial charge in [-0.1, -0.05) is 45.0 Å². The van der Waals surface area contributed by atoms with Gasteiger partial charge in [0, 0.05) is 6.54 Å². The topological polar surface area (TPSA) is 12.0 Å². The Morgan fingerprint density at radius 2 is 1.60 bits per heavy atom. The lowest BCUT2D eigenvalue weighted by Crippen LogP contribution is -2.28. The highest BCUT2D eigenvalue weighted by Crippen LogP contribution is 2.21. The van der Waals surface area contributed by atoms with Gasteiger partial charge in [-0.3, -0.25) is 0 Å². The predicted molar refractivity (Wildman–Crippen MR) is 67.2 cm³/mol. The van der Waals surface area contributed by atoms with Crippen LogP contribution in [0.1, 0.15) is 31.9 Å². The van der Waals surface area contributed by atoms with E-state index in [9.17, 15) is 0 Å². The molecule has 15 heavy (non-hydrogen) atoms. The Morgan fingerprint density at radius 3 is 2.07 bits per heavy atom. The lowest BCUT2D eigenvalue weighted by Gasteiger charge is -2.24. The number of aryl methyl sites for hydroxylation is 1. The molecule has 84 valence electrons. The second kappa shape index (κ2) is 5.32. The van der Waals surface area contributed by atoms with Gasteiger partial charge in [0.25, 0.3) is 0 Å². The molecule has 0 heterocycles. The molecule has 0 fully saturated rings. The predicted octanol–water partition coefficient (Wildman–Crippen LogP) is 3.04. The van der Waals surface area contributed by atoms with Crippen molar-refractivity contribution in [1.29, 1.82) is 0 Å². The zero-order chi connectivity index (χ0) is 11.3. The number of rotatable bonds is 5. The van der Waals surface area contributed by atoms with Gasteiger partial charge in [0.05, 0.1) is 0 Å². The van der Waals surface area contributed by atoms with Crippen LogP contribution >= 0.6 is 0 Å². The van der Waals surface area contributed by atoms with Gasteiger partial charge < -0.3 is 5.32 Å². The molecular formula is C14H23N. The minimum absolute atomic E-state index is 0.336. The molecule has 0 aliphatic heterocycles. The van der Waals surface area contributed by atoms with Crippen molar-refractivity contribution in [2.45, 2.75) is 33.6 Å². The molecule has 0 spiro atoms. The van der Waals surface area contributed by atoms with Gasteiger partial charge in [0.2, 0.25) is 0 Å². The first-order valence-corrected chi connectivity index (χ1v) is 5.80. The van der Waals surface area contributed by atoms with Gasteiger partial charge in [-0.05, 0) is 36.4 Å². The van der Waals surface area contributed by atoms with Gasteiger partial charge in [-0.15, -0.1) is 0 Å². The highest BCUT2D eigenvalue weighted by atomic mass is 14.8. The van der Waals surface area contributed by atoms with Crippen molar-refractivity contribution in [3.05, 3.63) is 35.4 Å². The summed E-state index contributed by atoms with van der Waals surface area (Å²) in [7, 11) is 2.02. The smallest absolute Gasteiger partial charge is 0.000270 e. The molecule has 0 saturated carbocycles. The van der Waals surface area contributed by atoms with Gasteiger partial charge in [-0.2, -0.15) is 0 Å². The van der Waals surface area contributed by atoms with Gasteiger partial charge >= 0.3 is 0 Å². The van der Waals surface area contributed by atoms with Crippen LogP contribution in [0.4, 0.5) is 0 Å². The van der Waals surface area contributed by atoms with Crippen molar-refractivity contribution < 1.29 is 0 Å². The molecule has 0 saturated heterocycles. The van der Waals surface area contributed by atoms with Crippen molar-refractivity contribution in [2.75, 3.05) is 13.6 Å². The summed E-state index contributed by atoms with van der Waals surface area (Å²) in [6, 6.07) is 9.00. The molecule has 1 aromatic carbocycles. The van der Waals surface area contributed by atoms with Crippen LogP contribution in [0, 0.1) is 5.41 Å². The first-order valence-electron chi connectivity index (χ1n) is 5.80. The van der Waals surface area contributed by atoms with Crippen molar-refractivity contribution in [2.24, 2.45) is 5.41 Å². The summed E-state index contributed by atoms with van der Waals surface area (Å²) in [6.07, 6.45) is 2.26. The SMILES string of the molecule is CCc1ccc(CC(C)(C)CNC)cc1. The highest BCUT2D eigenvalue weighted by Gasteiger charge is 2.16. The summed E-state index contributed by atoms with van der Waals surface area (Å²) >= 11 is 0. The van der Waals surface area contributed by atoms with Crippen LogP contribution in [0.3, 0.4) is 0 Å². The Labute approximate surface area is 93.9 Å². The first kappa shape index (κ1) is 12.3. The first-order chi connectivity index (χ1) is 7.07. The summed E-state index contributed by atoms with van der Waals surface area (Å²) in [6.45, 7) is 7.86. The van der Waals surface area contributed by atoms with E-state index >= 15 is 0 Å². The number of benzene rings is 1. The monoisotopic (exact) mass is 205 g/mol. The quantitative estimate of drug-likeness (QED) is 0.779. The zero-order valence-electron chi connectivity index (χ0n) is 10.4. The Kier molecular flexibility index (Phi) is 4.34. The Bertz CT molecular complexity index is 285. The minimum atomic E-state index is 0.336. The summed E-state index contributed by atoms with van der Waals surface area (Å²) < 4.78 is 0. The van der Waals surface area contributed by atoms with Gasteiger partial charge in [-0.25, -0.2) is 0 Å². The summed E-state index contributed by atoms with van der Waals surface area (Å²) in [4.78, 5) is 0. The molecule has 0 atom stereocenters. The van der Waals surface area contributed by atoms with E-state index in [2.05, 4.69) is 50.4 Å². The maximum atomic E-state index is 3.25. The van der Waals surface area contributed by atoms with E-state index in [-0.39, 0.29) is 0 Å². The van der Waals surface area contributed by atoms with E-state index in [1.165, 1.54) is 11.1 Å². The average molecular weight is 205 g/mol. The second-order valence-corrected chi connectivity index (χ2v) is 5.04. The van der Waals surface area contributed by atoms with Crippen molar-refractivity contribution in [1.82, 2.24) is 5.32 Å². The molecule has 0 radical (unpaired) electrons. The molecule has 1 N–H and O–H groups in total. The third-order valence-corrected chi connectivity index (χ3v) is 2.77. The lowest BCUT2D eigenvalue weighted by atomic mass is 9.85. The largest absolute Gasteiger partial charge is 0.319 e. The molecule has 0 aliphatic carbocycles. The Hall–Kier alpha value is -0.820. The van der Waals surface area contributed by atoms with Crippen LogP contribution in [0.15, 0.2) is 24.3 Å². The third-order valence-electron chi connectivity index (χ3n) is 2.77. The minimum Gasteiger partial charge on any atom is -0.319 e. The fourth-order valence-corrected chi connectivity index (χ4v) is 1.99. The van der Waals surface area contributed by atoms with E-state index in [4.69, 9.17) is 0 Å². The number of nitrogens with one attached hydrogen (secondary N) is 1. The normalized spacial score (nSPS) is 11.7. The fourth-order valence-electron chi connectivity index (χ4n) is 1.99. The Morgan fingerprint density at radius 1 is 1.07 bits per heavy atom. The van der Waals surface area contributed by atoms with Crippen LogP contribution < -0.4 is 5.32 Å². The van der Waals surface area contributed by atoms with E-state index in [0.29, 0.717) is 5.41 Å². The van der Waals surface area contributed by atoms with Crippen molar-refractivity contribution >= 4 is 0 Å². The molecule has 1 aromatic rings. The molecular weight excluding hydrogens is 182 g/mol. The maximum absolute atomic E-state index is 3.25. The highest BCUT2D eigenvalue weighted by molar-refractivity contribution is 5.23.